The van der Waals surface area contributed by atoms with E-state index in [1.807, 2.05) is 13.8 Å². The molecule has 1 atom stereocenters. The van der Waals surface area contributed by atoms with Crippen LogP contribution in [0.2, 0.25) is 0 Å². The van der Waals surface area contributed by atoms with E-state index < -0.39 is 22.1 Å². The van der Waals surface area contributed by atoms with Gasteiger partial charge >= 0.3 is 10.1 Å². The number of aromatic nitrogens is 2. The molecule has 1 amide bonds. The van der Waals surface area contributed by atoms with Gasteiger partial charge in [-0.3, -0.25) is 4.79 Å². The Morgan fingerprint density at radius 3 is 2.43 bits per heavy atom. The molecule has 11 heteroatoms. The molecule has 0 radical (unpaired) electrons. The second-order valence-electron chi connectivity index (χ2n) is 6.25. The van der Waals surface area contributed by atoms with Crippen LogP contribution in [-0.2, 0) is 10.1 Å². The van der Waals surface area contributed by atoms with Crippen molar-refractivity contribution in [2.45, 2.75) is 19.9 Å². The number of carbonyl (C=O) groups excluding carboxylic acids is 1. The molecule has 4 N–H and O–H groups in total. The van der Waals surface area contributed by atoms with Crippen molar-refractivity contribution >= 4 is 33.5 Å². The zero-order valence-corrected chi connectivity index (χ0v) is 16.3. The van der Waals surface area contributed by atoms with E-state index in [4.69, 9.17) is 9.92 Å². The Bertz CT molecular complexity index is 999. The highest BCUT2D eigenvalue weighted by Gasteiger charge is 2.18. The lowest BCUT2D eigenvalue weighted by atomic mass is 10.1. The van der Waals surface area contributed by atoms with Gasteiger partial charge in [0.2, 0.25) is 5.95 Å². The molecule has 2 aromatic rings. The van der Waals surface area contributed by atoms with E-state index in [2.05, 4.69) is 26.7 Å². The number of nitrogens with one attached hydrogen (secondary N) is 2. The molecular formula is C17H20N6O4S. The van der Waals surface area contributed by atoms with Gasteiger partial charge in [0.25, 0.3) is 5.91 Å². The zero-order chi connectivity index (χ0) is 20.9. The van der Waals surface area contributed by atoms with E-state index in [0.29, 0.717) is 5.69 Å². The predicted octanol–water partition coefficient (Wildman–Crippen LogP) is 1.62. The number of nitrogens with zero attached hydrogens (tertiary/aromatic N) is 3. The Morgan fingerprint density at radius 1 is 1.29 bits per heavy atom. The average Bonchev–Trinajstić information content (AvgIpc) is 2.59. The number of amides is 1. The van der Waals surface area contributed by atoms with Crippen molar-refractivity contribution in [2.24, 2.45) is 11.7 Å². The third-order valence-corrected chi connectivity index (χ3v) is 4.01. The molecule has 1 aromatic carbocycles. The lowest BCUT2D eigenvalue weighted by Crippen LogP contribution is -2.27. The lowest BCUT2D eigenvalue weighted by Gasteiger charge is -2.17. The second-order valence-corrected chi connectivity index (χ2v) is 7.83. The van der Waals surface area contributed by atoms with Crippen LogP contribution >= 0.6 is 0 Å². The fourth-order valence-electron chi connectivity index (χ4n) is 2.13. The van der Waals surface area contributed by atoms with Crippen molar-refractivity contribution in [1.29, 1.82) is 5.26 Å². The third kappa shape index (κ3) is 5.82. The maximum absolute atomic E-state index is 11.6. The summed E-state index contributed by atoms with van der Waals surface area (Å²) in [7, 11) is -3.61. The van der Waals surface area contributed by atoms with Crippen LogP contribution < -0.4 is 20.6 Å². The van der Waals surface area contributed by atoms with Gasteiger partial charge in [-0.05, 0) is 30.2 Å². The average molecular weight is 404 g/mol. The fraction of sp³-hybridized carbons (Fsp3) is 0.294. The topological polar surface area (TPSA) is 160 Å². The van der Waals surface area contributed by atoms with Crippen molar-refractivity contribution in [3.8, 4) is 11.8 Å². The van der Waals surface area contributed by atoms with E-state index in [-0.39, 0.29) is 29.0 Å². The van der Waals surface area contributed by atoms with Gasteiger partial charge in [0.05, 0.1) is 17.9 Å². The molecule has 1 heterocycles. The minimum atomic E-state index is -3.61. The van der Waals surface area contributed by atoms with E-state index in [0.717, 1.165) is 6.26 Å². The summed E-state index contributed by atoms with van der Waals surface area (Å²) in [4.78, 5) is 19.9. The molecule has 10 nitrogen and oxygen atoms in total. The number of rotatable bonds is 8. The summed E-state index contributed by atoms with van der Waals surface area (Å²) in [5, 5.41) is 15.1. The fourth-order valence-corrected chi connectivity index (χ4v) is 2.59. The number of benzene rings is 1. The molecular weight excluding hydrogens is 384 g/mol. The first-order valence-electron chi connectivity index (χ1n) is 8.18. The molecule has 0 fully saturated rings. The SMILES string of the molecule is CC(C)[C@@H](C#N)Nc1nc(Nc2ccc(OS(C)(=O)=O)cc2)ncc1C(N)=O. The van der Waals surface area contributed by atoms with E-state index in [9.17, 15) is 18.5 Å². The smallest absolute Gasteiger partial charge is 0.306 e. The maximum atomic E-state index is 11.6. The minimum absolute atomic E-state index is 0.0283. The minimum Gasteiger partial charge on any atom is -0.383 e. The molecule has 28 heavy (non-hydrogen) atoms. The zero-order valence-electron chi connectivity index (χ0n) is 15.5. The van der Waals surface area contributed by atoms with Crippen LogP contribution in [0.25, 0.3) is 0 Å². The Hall–Kier alpha value is -3.39. The number of hydrogen-bond acceptors (Lipinski definition) is 9. The Labute approximate surface area is 162 Å². The molecule has 148 valence electrons. The first-order valence-corrected chi connectivity index (χ1v) is 10.00. The Morgan fingerprint density at radius 2 is 1.93 bits per heavy atom. The summed E-state index contributed by atoms with van der Waals surface area (Å²) >= 11 is 0. The maximum Gasteiger partial charge on any atom is 0.306 e. The number of anilines is 3. The standard InChI is InChI=1S/C17H20N6O4S/c1-10(2)14(8-18)22-16-13(15(19)24)9-20-17(23-16)21-11-4-6-12(7-5-11)27-28(3,25)26/h4-7,9-10,14H,1-3H3,(H2,19,24)(H2,20,21,22,23)/t14-/m1/s1. The molecule has 1 aromatic heterocycles. The molecule has 0 saturated heterocycles. The van der Waals surface area contributed by atoms with Crippen LogP contribution in [0.15, 0.2) is 30.5 Å². The predicted molar refractivity (Wildman–Crippen MR) is 104 cm³/mol. The number of hydrogen-bond donors (Lipinski definition) is 3. The molecule has 2 rings (SSSR count). The van der Waals surface area contributed by atoms with E-state index in [1.54, 1.807) is 12.1 Å². The van der Waals surface area contributed by atoms with Gasteiger partial charge < -0.3 is 20.6 Å². The van der Waals surface area contributed by atoms with Crippen molar-refractivity contribution in [2.75, 3.05) is 16.9 Å². The summed E-state index contributed by atoms with van der Waals surface area (Å²) < 4.78 is 27.0. The van der Waals surface area contributed by atoms with Crippen LogP contribution in [0.1, 0.15) is 24.2 Å². The molecule has 0 bridgehead atoms. The monoisotopic (exact) mass is 404 g/mol. The van der Waals surface area contributed by atoms with Gasteiger partial charge in [0.1, 0.15) is 17.6 Å². The summed E-state index contributed by atoms with van der Waals surface area (Å²) in [6, 6.07) is 7.60. The molecule has 0 saturated carbocycles. The molecule has 0 spiro atoms. The van der Waals surface area contributed by atoms with E-state index in [1.165, 1.54) is 18.3 Å². The van der Waals surface area contributed by atoms with Crippen LogP contribution in [0.4, 0.5) is 17.5 Å². The highest BCUT2D eigenvalue weighted by molar-refractivity contribution is 7.86. The number of carbonyl (C=O) groups is 1. The van der Waals surface area contributed by atoms with Gasteiger partial charge in [0, 0.05) is 11.9 Å². The largest absolute Gasteiger partial charge is 0.383 e. The highest BCUT2D eigenvalue weighted by Crippen LogP contribution is 2.22. The quantitative estimate of drug-likeness (QED) is 0.555. The highest BCUT2D eigenvalue weighted by atomic mass is 32.2. The van der Waals surface area contributed by atoms with Crippen LogP contribution in [-0.4, -0.2) is 36.6 Å². The van der Waals surface area contributed by atoms with Gasteiger partial charge in [-0.15, -0.1) is 0 Å². The van der Waals surface area contributed by atoms with Crippen molar-refractivity contribution in [3.05, 3.63) is 36.0 Å². The molecule has 0 unspecified atom stereocenters. The molecule has 0 aliphatic carbocycles. The first kappa shape index (κ1) is 20.9. The third-order valence-electron chi connectivity index (χ3n) is 3.51. The van der Waals surface area contributed by atoms with E-state index >= 15 is 0 Å². The summed E-state index contributed by atoms with van der Waals surface area (Å²) in [6.07, 6.45) is 2.21. The number of nitriles is 1. The Kier molecular flexibility index (Phi) is 6.37. The number of primary amides is 1. The summed E-state index contributed by atoms with van der Waals surface area (Å²) in [5.74, 6) is -0.294. The normalized spacial score (nSPS) is 12.1. The summed E-state index contributed by atoms with van der Waals surface area (Å²) in [5.41, 5.74) is 5.97. The van der Waals surface area contributed by atoms with Crippen LogP contribution in [0.3, 0.4) is 0 Å². The molecule has 0 aliphatic rings. The van der Waals surface area contributed by atoms with Gasteiger partial charge in [0.15, 0.2) is 0 Å². The first-order chi connectivity index (χ1) is 13.1. The van der Waals surface area contributed by atoms with Crippen molar-refractivity contribution in [1.82, 2.24) is 9.97 Å². The van der Waals surface area contributed by atoms with Crippen molar-refractivity contribution in [3.63, 3.8) is 0 Å². The van der Waals surface area contributed by atoms with Gasteiger partial charge in [-0.25, -0.2) is 4.98 Å². The van der Waals surface area contributed by atoms with Crippen LogP contribution in [0, 0.1) is 17.2 Å². The Balaban J connectivity index is 2.25. The second kappa shape index (κ2) is 8.53. The molecule has 0 aliphatic heterocycles. The van der Waals surface area contributed by atoms with Gasteiger partial charge in [-0.1, -0.05) is 13.8 Å². The van der Waals surface area contributed by atoms with Crippen LogP contribution in [0.5, 0.6) is 5.75 Å². The van der Waals surface area contributed by atoms with Crippen molar-refractivity contribution < 1.29 is 17.4 Å². The number of nitrogens with two attached hydrogens (primary N) is 1. The lowest BCUT2D eigenvalue weighted by molar-refractivity contribution is 0.100. The van der Waals surface area contributed by atoms with Gasteiger partial charge in [-0.2, -0.15) is 18.7 Å². The summed E-state index contributed by atoms with van der Waals surface area (Å²) in [6.45, 7) is 3.70.